The number of aryl methyl sites for hydroxylation is 1. The maximum absolute atomic E-state index is 12.1. The highest BCUT2D eigenvalue weighted by molar-refractivity contribution is 5.94. The van der Waals surface area contributed by atoms with E-state index in [1.54, 1.807) is 0 Å². The molecule has 1 aliphatic carbocycles. The molecule has 0 saturated heterocycles. The van der Waals surface area contributed by atoms with E-state index in [0.29, 0.717) is 12.5 Å². The minimum absolute atomic E-state index is 0.324. The van der Waals surface area contributed by atoms with E-state index in [9.17, 15) is 4.79 Å². The van der Waals surface area contributed by atoms with Crippen molar-refractivity contribution in [2.24, 2.45) is 0 Å². The van der Waals surface area contributed by atoms with Crippen LogP contribution in [0.1, 0.15) is 63.0 Å². The number of aromatic nitrogens is 3. The lowest BCUT2D eigenvalue weighted by molar-refractivity contribution is -0.137. The number of carbonyl (C=O) groups excluding carboxylic acids is 1. The van der Waals surface area contributed by atoms with E-state index in [0.717, 1.165) is 47.2 Å². The number of benzene rings is 1. The van der Waals surface area contributed by atoms with Crippen LogP contribution in [0, 0.1) is 0 Å². The van der Waals surface area contributed by atoms with Crippen LogP contribution in [0.25, 0.3) is 28.4 Å². The lowest BCUT2D eigenvalue weighted by atomic mass is 9.80. The molecule has 0 amide bonds. The van der Waals surface area contributed by atoms with Crippen LogP contribution in [-0.4, -0.2) is 27.3 Å². The quantitative estimate of drug-likeness (QED) is 0.389. The van der Waals surface area contributed by atoms with Crippen LogP contribution in [0.3, 0.4) is 0 Å². The summed E-state index contributed by atoms with van der Waals surface area (Å²) in [5, 5.41) is 5.71. The average molecular weight is 404 g/mol. The second-order valence-corrected chi connectivity index (χ2v) is 7.77. The van der Waals surface area contributed by atoms with Crippen molar-refractivity contribution in [3.8, 4) is 11.3 Å². The number of pyridine rings is 1. The molecule has 1 aliphatic rings. The van der Waals surface area contributed by atoms with Gasteiger partial charge in [-0.3, -0.25) is 0 Å². The fourth-order valence-corrected chi connectivity index (χ4v) is 4.51. The molecule has 0 atom stereocenters. The number of hydrogen-bond acceptors (Lipinski definition) is 4. The Bertz CT molecular complexity index is 1050. The summed E-state index contributed by atoms with van der Waals surface area (Å²) in [6, 6.07) is 10.2. The van der Waals surface area contributed by atoms with Gasteiger partial charge in [0.15, 0.2) is 5.65 Å². The van der Waals surface area contributed by atoms with Gasteiger partial charge in [-0.1, -0.05) is 49.6 Å². The van der Waals surface area contributed by atoms with Crippen molar-refractivity contribution >= 4 is 23.1 Å². The highest BCUT2D eigenvalue weighted by Gasteiger charge is 2.25. The number of carbonyl (C=O) groups is 1. The summed E-state index contributed by atoms with van der Waals surface area (Å²) >= 11 is 0. The molecule has 4 rings (SSSR count). The molecule has 5 heteroatoms. The van der Waals surface area contributed by atoms with Crippen LogP contribution >= 0.6 is 0 Å². The van der Waals surface area contributed by atoms with Gasteiger partial charge in [0, 0.05) is 29.1 Å². The summed E-state index contributed by atoms with van der Waals surface area (Å²) in [5.41, 5.74) is 5.16. The van der Waals surface area contributed by atoms with Gasteiger partial charge >= 0.3 is 5.97 Å². The van der Waals surface area contributed by atoms with E-state index in [1.807, 2.05) is 42.1 Å². The van der Waals surface area contributed by atoms with Gasteiger partial charge in [-0.15, -0.1) is 0 Å². The van der Waals surface area contributed by atoms with Crippen molar-refractivity contribution in [3.05, 3.63) is 53.7 Å². The zero-order chi connectivity index (χ0) is 20.9. The SMILES string of the molecule is CCOC(=O)C=Cc1c(-c2ccccc2)nc2c(cnn2CC)c1C1CCCCC1. The number of nitrogens with zero attached hydrogens (tertiary/aromatic N) is 3. The predicted molar refractivity (Wildman–Crippen MR) is 120 cm³/mol. The van der Waals surface area contributed by atoms with E-state index < -0.39 is 0 Å². The summed E-state index contributed by atoms with van der Waals surface area (Å²) in [4.78, 5) is 17.2. The molecule has 2 heterocycles. The Kier molecular flexibility index (Phi) is 6.26. The first-order valence-electron chi connectivity index (χ1n) is 11.0. The Morgan fingerprint density at radius 2 is 1.93 bits per heavy atom. The fourth-order valence-electron chi connectivity index (χ4n) is 4.51. The average Bonchev–Trinajstić information content (AvgIpc) is 3.20. The van der Waals surface area contributed by atoms with Crippen LogP contribution < -0.4 is 0 Å². The standard InChI is InChI=1S/C25H29N3O2/c1-3-28-25-21(17-26-28)23(18-11-7-5-8-12-18)20(15-16-22(29)30-4-2)24(27-25)19-13-9-6-10-14-19/h6,9-10,13-18H,3-5,7-8,11-12H2,1-2H3. The Morgan fingerprint density at radius 3 is 2.63 bits per heavy atom. The molecule has 5 nitrogen and oxygen atoms in total. The zero-order valence-electron chi connectivity index (χ0n) is 17.8. The van der Waals surface area contributed by atoms with E-state index >= 15 is 0 Å². The normalized spacial score (nSPS) is 15.1. The van der Waals surface area contributed by atoms with Crippen molar-refractivity contribution in [2.75, 3.05) is 6.61 Å². The van der Waals surface area contributed by atoms with Gasteiger partial charge in [-0.25, -0.2) is 14.5 Å². The van der Waals surface area contributed by atoms with Gasteiger partial charge < -0.3 is 4.74 Å². The summed E-state index contributed by atoms with van der Waals surface area (Å²) in [6.45, 7) is 5.05. The summed E-state index contributed by atoms with van der Waals surface area (Å²) in [7, 11) is 0. The molecule has 0 bridgehead atoms. The highest BCUT2D eigenvalue weighted by Crippen LogP contribution is 2.41. The molecule has 0 unspecified atom stereocenters. The van der Waals surface area contributed by atoms with Crippen molar-refractivity contribution in [3.63, 3.8) is 0 Å². The molecule has 1 fully saturated rings. The van der Waals surface area contributed by atoms with Crippen molar-refractivity contribution in [2.45, 2.75) is 58.4 Å². The topological polar surface area (TPSA) is 57.0 Å². The van der Waals surface area contributed by atoms with Crippen molar-refractivity contribution in [1.82, 2.24) is 14.8 Å². The second kappa shape index (κ2) is 9.24. The first kappa shape index (κ1) is 20.3. The number of rotatable bonds is 6. The largest absolute Gasteiger partial charge is 0.463 e. The molecule has 30 heavy (non-hydrogen) atoms. The van der Waals surface area contributed by atoms with Gasteiger partial charge in [0.1, 0.15) is 0 Å². The molecule has 1 saturated carbocycles. The lowest BCUT2D eigenvalue weighted by Crippen LogP contribution is -2.10. The smallest absolute Gasteiger partial charge is 0.330 e. The van der Waals surface area contributed by atoms with Crippen LogP contribution in [0.4, 0.5) is 0 Å². The first-order valence-corrected chi connectivity index (χ1v) is 11.0. The minimum atomic E-state index is -0.324. The third-order valence-electron chi connectivity index (χ3n) is 5.90. The van der Waals surface area contributed by atoms with Crippen LogP contribution in [0.5, 0.6) is 0 Å². The molecule has 0 N–H and O–H groups in total. The molecular weight excluding hydrogens is 374 g/mol. The number of ether oxygens (including phenoxy) is 1. The molecule has 3 aromatic rings. The van der Waals surface area contributed by atoms with Gasteiger partial charge in [0.05, 0.1) is 18.5 Å². The number of fused-ring (bicyclic) bond motifs is 1. The van der Waals surface area contributed by atoms with Crippen LogP contribution in [0.15, 0.2) is 42.6 Å². The van der Waals surface area contributed by atoms with Gasteiger partial charge in [0.25, 0.3) is 0 Å². The Labute approximate surface area is 177 Å². The third-order valence-corrected chi connectivity index (χ3v) is 5.90. The number of esters is 1. The zero-order valence-corrected chi connectivity index (χ0v) is 17.8. The molecule has 0 aliphatic heterocycles. The number of hydrogen-bond donors (Lipinski definition) is 0. The minimum Gasteiger partial charge on any atom is -0.463 e. The van der Waals surface area contributed by atoms with E-state index in [2.05, 4.69) is 24.2 Å². The highest BCUT2D eigenvalue weighted by atomic mass is 16.5. The van der Waals surface area contributed by atoms with E-state index in [4.69, 9.17) is 9.72 Å². The van der Waals surface area contributed by atoms with Gasteiger partial charge in [-0.05, 0) is 44.2 Å². The molecule has 156 valence electrons. The van der Waals surface area contributed by atoms with Gasteiger partial charge in [-0.2, -0.15) is 5.10 Å². The molecule has 2 aromatic heterocycles. The third kappa shape index (κ3) is 4.02. The maximum Gasteiger partial charge on any atom is 0.330 e. The molecule has 0 radical (unpaired) electrons. The van der Waals surface area contributed by atoms with Crippen LogP contribution in [-0.2, 0) is 16.1 Å². The summed E-state index contributed by atoms with van der Waals surface area (Å²) < 4.78 is 7.11. The van der Waals surface area contributed by atoms with Gasteiger partial charge in [0.2, 0.25) is 0 Å². The van der Waals surface area contributed by atoms with Crippen LogP contribution in [0.2, 0.25) is 0 Å². The lowest BCUT2D eigenvalue weighted by Gasteiger charge is -2.25. The molecule has 1 aromatic carbocycles. The Balaban J connectivity index is 1.98. The fraction of sp³-hybridized carbons (Fsp3) is 0.400. The maximum atomic E-state index is 12.1. The Hall–Kier alpha value is -2.95. The molecule has 0 spiro atoms. The summed E-state index contributed by atoms with van der Waals surface area (Å²) in [5.74, 6) is 0.124. The Morgan fingerprint density at radius 1 is 1.17 bits per heavy atom. The van der Waals surface area contributed by atoms with E-state index in [1.165, 1.54) is 30.9 Å². The monoisotopic (exact) mass is 403 g/mol. The molecular formula is C25H29N3O2. The predicted octanol–water partition coefficient (Wildman–Crippen LogP) is 5.74. The van der Waals surface area contributed by atoms with E-state index in [-0.39, 0.29) is 5.97 Å². The van der Waals surface area contributed by atoms with Crippen molar-refractivity contribution < 1.29 is 9.53 Å². The second-order valence-electron chi connectivity index (χ2n) is 7.77. The summed E-state index contributed by atoms with van der Waals surface area (Å²) in [6.07, 6.45) is 11.5. The van der Waals surface area contributed by atoms with Crippen molar-refractivity contribution in [1.29, 1.82) is 0 Å². The first-order chi connectivity index (χ1) is 14.7.